The fourth-order valence-electron chi connectivity index (χ4n) is 2.86. The van der Waals surface area contributed by atoms with Crippen LogP contribution in [0, 0.1) is 5.92 Å². The smallest absolute Gasteiger partial charge is 0.216 e. The first-order valence-electron chi connectivity index (χ1n) is 7.65. The quantitative estimate of drug-likeness (QED) is 0.897. The van der Waals surface area contributed by atoms with Crippen LogP contribution in [0.25, 0.3) is 0 Å². The summed E-state index contributed by atoms with van der Waals surface area (Å²) >= 11 is 0. The summed E-state index contributed by atoms with van der Waals surface area (Å²) in [5.74, 6) is 0.326. The minimum Gasteiger partial charge on any atom is -0.353 e. The summed E-state index contributed by atoms with van der Waals surface area (Å²) in [4.78, 5) is 0. The van der Waals surface area contributed by atoms with E-state index in [9.17, 15) is 8.42 Å². The Morgan fingerprint density at radius 1 is 1.43 bits per heavy atom. The molecule has 0 bridgehead atoms. The molecule has 0 unspecified atom stereocenters. The van der Waals surface area contributed by atoms with Gasteiger partial charge < -0.3 is 9.88 Å². The lowest BCUT2D eigenvalue weighted by atomic mass is 9.95. The van der Waals surface area contributed by atoms with Crippen molar-refractivity contribution < 1.29 is 8.42 Å². The molecule has 0 spiro atoms. The number of nitrogens with zero attached hydrogens (tertiary/aromatic N) is 2. The van der Waals surface area contributed by atoms with Crippen LogP contribution < -0.4 is 5.32 Å². The number of sulfonamides is 1. The lowest BCUT2D eigenvalue weighted by molar-refractivity contribution is 0.217. The number of rotatable bonds is 5. The number of aromatic nitrogens is 1. The minimum absolute atomic E-state index is 0.326. The molecule has 1 fully saturated rings. The van der Waals surface area contributed by atoms with Gasteiger partial charge in [0.05, 0.1) is 5.25 Å². The van der Waals surface area contributed by atoms with Gasteiger partial charge in [-0.25, -0.2) is 12.7 Å². The molecule has 1 aliphatic rings. The molecule has 1 saturated heterocycles. The molecule has 0 radical (unpaired) electrons. The Morgan fingerprint density at radius 3 is 2.67 bits per heavy atom. The van der Waals surface area contributed by atoms with Gasteiger partial charge in [0.2, 0.25) is 10.0 Å². The second-order valence-electron chi connectivity index (χ2n) is 6.32. The Bertz CT molecular complexity index is 565. The normalized spacial score (nSPS) is 24.6. The molecule has 0 aliphatic carbocycles. The molecule has 6 heteroatoms. The molecule has 0 amide bonds. The third kappa shape index (κ3) is 3.67. The Kier molecular flexibility index (Phi) is 5.11. The molecule has 0 saturated carbocycles. The fourth-order valence-corrected chi connectivity index (χ4v) is 4.25. The summed E-state index contributed by atoms with van der Waals surface area (Å²) in [5.41, 5.74) is 1.25. The van der Waals surface area contributed by atoms with Crippen LogP contribution in [0.4, 0.5) is 0 Å². The maximum atomic E-state index is 12.2. The molecule has 1 aliphatic heterocycles. The molecule has 2 heterocycles. The summed E-state index contributed by atoms with van der Waals surface area (Å²) in [5, 5.41) is 3.24. The average Bonchev–Trinajstić information content (AvgIpc) is 2.82. The number of hydrogen-bond acceptors (Lipinski definition) is 3. The van der Waals surface area contributed by atoms with Crippen molar-refractivity contribution in [1.29, 1.82) is 0 Å². The van der Waals surface area contributed by atoms with Crippen LogP contribution in [0.15, 0.2) is 18.3 Å². The van der Waals surface area contributed by atoms with Crippen molar-refractivity contribution in [3.05, 3.63) is 24.0 Å². The van der Waals surface area contributed by atoms with Crippen LogP contribution >= 0.6 is 0 Å². The molecule has 2 atom stereocenters. The summed E-state index contributed by atoms with van der Waals surface area (Å²) in [6, 6.07) is 4.52. The Balaban J connectivity index is 1.91. The zero-order chi connectivity index (χ0) is 15.6. The van der Waals surface area contributed by atoms with Crippen LogP contribution in [0.5, 0.6) is 0 Å². The predicted octanol–water partition coefficient (Wildman–Crippen LogP) is 1.56. The highest BCUT2D eigenvalue weighted by Gasteiger charge is 2.33. The molecule has 0 aromatic carbocycles. The minimum atomic E-state index is -3.12. The van der Waals surface area contributed by atoms with Gasteiger partial charge in [0.25, 0.3) is 0 Å². The molecule has 2 rings (SSSR count). The van der Waals surface area contributed by atoms with Gasteiger partial charge in [-0.3, -0.25) is 0 Å². The Labute approximate surface area is 128 Å². The maximum absolute atomic E-state index is 12.2. The van der Waals surface area contributed by atoms with Gasteiger partial charge in [-0.2, -0.15) is 0 Å². The molecule has 1 N–H and O–H groups in total. The van der Waals surface area contributed by atoms with Crippen LogP contribution in [-0.4, -0.2) is 41.7 Å². The molecule has 5 nitrogen and oxygen atoms in total. The first-order valence-corrected chi connectivity index (χ1v) is 9.15. The Hall–Kier alpha value is -0.850. The lowest BCUT2D eigenvalue weighted by Crippen LogP contribution is -2.51. The van der Waals surface area contributed by atoms with Gasteiger partial charge in [0, 0.05) is 44.6 Å². The van der Waals surface area contributed by atoms with Gasteiger partial charge in [-0.1, -0.05) is 6.92 Å². The van der Waals surface area contributed by atoms with E-state index in [-0.39, 0.29) is 5.25 Å². The highest BCUT2D eigenvalue weighted by molar-refractivity contribution is 7.89. The topological polar surface area (TPSA) is 54.3 Å². The van der Waals surface area contributed by atoms with Crippen molar-refractivity contribution >= 4 is 10.0 Å². The summed E-state index contributed by atoms with van der Waals surface area (Å²) in [7, 11) is -1.08. The van der Waals surface area contributed by atoms with Gasteiger partial charge in [-0.15, -0.1) is 0 Å². The third-order valence-electron chi connectivity index (χ3n) is 4.42. The zero-order valence-corrected chi connectivity index (χ0v) is 14.2. The van der Waals surface area contributed by atoms with E-state index in [2.05, 4.69) is 22.9 Å². The lowest BCUT2D eigenvalue weighted by Gasteiger charge is -2.37. The van der Waals surface area contributed by atoms with Crippen molar-refractivity contribution in [3.8, 4) is 0 Å². The summed E-state index contributed by atoms with van der Waals surface area (Å²) < 4.78 is 28.2. The first-order chi connectivity index (χ1) is 9.82. The van der Waals surface area contributed by atoms with E-state index in [1.54, 1.807) is 18.2 Å². The van der Waals surface area contributed by atoms with E-state index in [0.717, 1.165) is 13.0 Å². The number of hydrogen-bond donors (Lipinski definition) is 1. The summed E-state index contributed by atoms with van der Waals surface area (Å²) in [6.45, 7) is 7.70. The van der Waals surface area contributed by atoms with Crippen molar-refractivity contribution in [1.82, 2.24) is 14.2 Å². The first kappa shape index (κ1) is 16.5. The van der Waals surface area contributed by atoms with E-state index in [1.165, 1.54) is 5.69 Å². The van der Waals surface area contributed by atoms with Crippen LogP contribution in [0.3, 0.4) is 0 Å². The van der Waals surface area contributed by atoms with Crippen molar-refractivity contribution in [2.24, 2.45) is 13.0 Å². The van der Waals surface area contributed by atoms with E-state index in [4.69, 9.17) is 0 Å². The van der Waals surface area contributed by atoms with E-state index in [0.29, 0.717) is 25.0 Å². The van der Waals surface area contributed by atoms with Gasteiger partial charge in [-0.05, 0) is 38.3 Å². The monoisotopic (exact) mass is 313 g/mol. The molecule has 1 aromatic rings. The predicted molar refractivity (Wildman–Crippen MR) is 85.5 cm³/mol. The van der Waals surface area contributed by atoms with Crippen molar-refractivity contribution in [3.63, 3.8) is 0 Å². The van der Waals surface area contributed by atoms with Crippen LogP contribution in [-0.2, 0) is 23.6 Å². The fraction of sp³-hybridized carbons (Fsp3) is 0.733. The van der Waals surface area contributed by atoms with Crippen LogP contribution in [0.1, 0.15) is 32.9 Å². The van der Waals surface area contributed by atoms with E-state index in [1.807, 2.05) is 19.3 Å². The van der Waals surface area contributed by atoms with Crippen molar-refractivity contribution in [2.75, 3.05) is 13.1 Å². The molecule has 1 aromatic heterocycles. The zero-order valence-electron chi connectivity index (χ0n) is 13.4. The molecular formula is C15H27N3O2S. The average molecular weight is 313 g/mol. The Morgan fingerprint density at radius 2 is 2.14 bits per heavy atom. The molecule has 120 valence electrons. The SMILES string of the molecule is CC(C)S(=O)(=O)N1CC[C@@H](NCc2cccn2C)[C@@H](C)C1. The summed E-state index contributed by atoms with van der Waals surface area (Å²) in [6.07, 6.45) is 2.91. The maximum Gasteiger partial charge on any atom is 0.216 e. The van der Waals surface area contributed by atoms with Gasteiger partial charge in [0.1, 0.15) is 0 Å². The number of nitrogens with one attached hydrogen (secondary N) is 1. The van der Waals surface area contributed by atoms with E-state index >= 15 is 0 Å². The standard InChI is InChI=1S/C15H27N3O2S/c1-12(2)21(19,20)18-9-7-15(13(3)11-18)16-10-14-6-5-8-17(14)4/h5-6,8,12-13,15-16H,7,9-11H2,1-4H3/t13-,15+/m0/s1. The molecular weight excluding hydrogens is 286 g/mol. The highest BCUT2D eigenvalue weighted by atomic mass is 32.2. The highest BCUT2D eigenvalue weighted by Crippen LogP contribution is 2.22. The second-order valence-corrected chi connectivity index (χ2v) is 8.80. The van der Waals surface area contributed by atoms with Gasteiger partial charge >= 0.3 is 0 Å². The van der Waals surface area contributed by atoms with Crippen LogP contribution in [0.2, 0.25) is 0 Å². The van der Waals surface area contributed by atoms with Crippen molar-refractivity contribution in [2.45, 2.75) is 45.0 Å². The number of piperidine rings is 1. The largest absolute Gasteiger partial charge is 0.353 e. The second kappa shape index (κ2) is 6.50. The van der Waals surface area contributed by atoms with Gasteiger partial charge in [0.15, 0.2) is 0 Å². The van der Waals surface area contributed by atoms with E-state index < -0.39 is 10.0 Å². The number of aryl methyl sites for hydroxylation is 1. The third-order valence-corrected chi connectivity index (χ3v) is 6.66. The molecule has 21 heavy (non-hydrogen) atoms.